The molecule has 5 nitrogen and oxygen atoms in total. The summed E-state index contributed by atoms with van der Waals surface area (Å²) in [6, 6.07) is 13.7. The second kappa shape index (κ2) is 11.7. The molecule has 0 saturated carbocycles. The molecule has 0 bridgehead atoms. The van der Waals surface area contributed by atoms with E-state index < -0.39 is 5.41 Å². The molecule has 2 aromatic carbocycles. The fraction of sp³-hybridized carbons (Fsp3) is 0.320. The first-order chi connectivity index (χ1) is 15.3. The number of nitrogens with zero attached hydrogens (tertiary/aromatic N) is 3. The van der Waals surface area contributed by atoms with Gasteiger partial charge in [0.25, 0.3) is 0 Å². The number of ether oxygens (including phenoxy) is 2. The Morgan fingerprint density at radius 1 is 1.19 bits per heavy atom. The molecule has 168 valence electrons. The van der Waals surface area contributed by atoms with E-state index in [4.69, 9.17) is 32.7 Å². The molecule has 0 aromatic heterocycles. The third-order valence-corrected chi connectivity index (χ3v) is 5.47. The summed E-state index contributed by atoms with van der Waals surface area (Å²) in [5.74, 6) is 2.00. The van der Waals surface area contributed by atoms with Crippen LogP contribution in [0.15, 0.2) is 58.2 Å². The third-order valence-electron chi connectivity index (χ3n) is 5.04. The second-order valence-corrected chi connectivity index (χ2v) is 8.30. The van der Waals surface area contributed by atoms with Gasteiger partial charge in [-0.3, -0.25) is 0 Å². The zero-order valence-electron chi connectivity index (χ0n) is 18.8. The molecule has 0 aliphatic rings. The standard InChI is InChI=1S/C25H27Cl2N3O2/c1-6-21(30-17(2)29-5)16-32-22-9-7-19(8-10-22)25(3,4)20-13-18(15-28)24(23(27)14-20)31-12-11-26/h6-10,13-14H,5,11-12,16H2,1-4H3/b21-6-,30-17?. The van der Waals surface area contributed by atoms with Gasteiger partial charge in [0, 0.05) is 5.41 Å². The summed E-state index contributed by atoms with van der Waals surface area (Å²) >= 11 is 12.1. The monoisotopic (exact) mass is 471 g/mol. The van der Waals surface area contributed by atoms with Gasteiger partial charge in [0.15, 0.2) is 5.75 Å². The smallest absolute Gasteiger partial charge is 0.155 e. The topological polar surface area (TPSA) is 67.0 Å². The molecule has 0 unspecified atom stereocenters. The number of hydrogen-bond donors (Lipinski definition) is 0. The lowest BCUT2D eigenvalue weighted by molar-refractivity contribution is 0.341. The quantitative estimate of drug-likeness (QED) is 0.236. The van der Waals surface area contributed by atoms with Crippen molar-refractivity contribution in [3.63, 3.8) is 0 Å². The first kappa shape index (κ1) is 25.5. The summed E-state index contributed by atoms with van der Waals surface area (Å²) in [4.78, 5) is 8.14. The predicted octanol–water partition coefficient (Wildman–Crippen LogP) is 6.56. The number of rotatable bonds is 9. The van der Waals surface area contributed by atoms with Crippen LogP contribution in [-0.2, 0) is 5.41 Å². The van der Waals surface area contributed by atoms with Crippen molar-refractivity contribution in [1.82, 2.24) is 0 Å². The van der Waals surface area contributed by atoms with Crippen molar-refractivity contribution in [1.29, 1.82) is 5.26 Å². The minimum absolute atomic E-state index is 0.282. The summed E-state index contributed by atoms with van der Waals surface area (Å²) in [6.45, 7) is 11.9. The zero-order chi connectivity index (χ0) is 23.7. The summed E-state index contributed by atoms with van der Waals surface area (Å²) in [5, 5.41) is 9.96. The third kappa shape index (κ3) is 6.35. The average Bonchev–Trinajstić information content (AvgIpc) is 2.80. The normalized spacial score (nSPS) is 12.3. The highest BCUT2D eigenvalue weighted by molar-refractivity contribution is 6.32. The predicted molar refractivity (Wildman–Crippen MR) is 133 cm³/mol. The maximum atomic E-state index is 9.57. The lowest BCUT2D eigenvalue weighted by Gasteiger charge is -2.27. The number of nitriles is 1. The van der Waals surface area contributed by atoms with E-state index in [-0.39, 0.29) is 6.61 Å². The first-order valence-corrected chi connectivity index (χ1v) is 11.0. The number of hydrogen-bond acceptors (Lipinski definition) is 4. The van der Waals surface area contributed by atoms with Gasteiger partial charge in [0.2, 0.25) is 0 Å². The number of aliphatic imine (C=N–C) groups is 2. The van der Waals surface area contributed by atoms with Crippen molar-refractivity contribution in [3.8, 4) is 17.6 Å². The molecule has 2 rings (SSSR count). The van der Waals surface area contributed by atoms with Crippen molar-refractivity contribution in [3.05, 3.63) is 69.9 Å². The number of amidine groups is 1. The van der Waals surface area contributed by atoms with E-state index in [1.807, 2.05) is 49.4 Å². The molecule has 0 amide bonds. The Labute approximate surface area is 200 Å². The highest BCUT2D eigenvalue weighted by Gasteiger charge is 2.26. The molecular formula is C25H27Cl2N3O2. The first-order valence-electron chi connectivity index (χ1n) is 10.1. The molecule has 0 aliphatic heterocycles. The molecule has 0 fully saturated rings. The van der Waals surface area contributed by atoms with Crippen LogP contribution in [0.5, 0.6) is 11.5 Å². The molecule has 0 aliphatic carbocycles. The molecule has 0 heterocycles. The fourth-order valence-corrected chi connectivity index (χ4v) is 3.39. The maximum absolute atomic E-state index is 9.57. The van der Waals surface area contributed by atoms with Crippen LogP contribution in [0.25, 0.3) is 0 Å². The van der Waals surface area contributed by atoms with Gasteiger partial charge >= 0.3 is 0 Å². The highest BCUT2D eigenvalue weighted by atomic mass is 35.5. The number of halogens is 2. The molecule has 0 atom stereocenters. The van der Waals surface area contributed by atoms with Crippen molar-refractivity contribution in [2.75, 3.05) is 19.1 Å². The Bertz CT molecular complexity index is 1050. The highest BCUT2D eigenvalue weighted by Crippen LogP contribution is 2.38. The maximum Gasteiger partial charge on any atom is 0.155 e. The Kier molecular flexibility index (Phi) is 9.31. The lowest BCUT2D eigenvalue weighted by atomic mass is 9.77. The van der Waals surface area contributed by atoms with E-state index >= 15 is 0 Å². The van der Waals surface area contributed by atoms with Crippen LogP contribution in [-0.4, -0.2) is 31.6 Å². The molecule has 0 saturated heterocycles. The van der Waals surface area contributed by atoms with Crippen molar-refractivity contribution < 1.29 is 9.47 Å². The summed E-state index contributed by atoms with van der Waals surface area (Å²) in [5.41, 5.74) is 2.72. The molecule has 0 N–H and O–H groups in total. The summed E-state index contributed by atoms with van der Waals surface area (Å²) in [6.07, 6.45) is 1.88. The molecule has 7 heteroatoms. The fourth-order valence-electron chi connectivity index (χ4n) is 3.04. The Hall–Kier alpha value is -2.81. The Morgan fingerprint density at radius 2 is 1.88 bits per heavy atom. The van der Waals surface area contributed by atoms with Crippen LogP contribution in [0.2, 0.25) is 5.02 Å². The number of allylic oxidation sites excluding steroid dienone is 1. The SMILES string of the molecule is C=NC(C)=N/C(=C\C)COc1ccc(C(C)(C)c2cc(Cl)c(OCCCl)c(C#N)c2)cc1. The van der Waals surface area contributed by atoms with Crippen LogP contribution >= 0.6 is 23.2 Å². The van der Waals surface area contributed by atoms with Gasteiger partial charge in [-0.2, -0.15) is 5.26 Å². The zero-order valence-corrected chi connectivity index (χ0v) is 20.3. The van der Waals surface area contributed by atoms with E-state index in [2.05, 4.69) is 36.6 Å². The minimum atomic E-state index is -0.399. The van der Waals surface area contributed by atoms with Crippen LogP contribution in [0.1, 0.15) is 44.4 Å². The van der Waals surface area contributed by atoms with E-state index in [9.17, 15) is 5.26 Å². The molecular weight excluding hydrogens is 445 g/mol. The molecule has 32 heavy (non-hydrogen) atoms. The second-order valence-electron chi connectivity index (χ2n) is 7.52. The molecule has 0 radical (unpaired) electrons. The van der Waals surface area contributed by atoms with Crippen molar-refractivity contribution in [2.24, 2.45) is 9.98 Å². The van der Waals surface area contributed by atoms with Gasteiger partial charge in [-0.1, -0.05) is 43.7 Å². The van der Waals surface area contributed by atoms with Crippen LogP contribution in [0.4, 0.5) is 0 Å². The van der Waals surface area contributed by atoms with Crippen molar-refractivity contribution >= 4 is 35.8 Å². The minimum Gasteiger partial charge on any atom is -0.489 e. The van der Waals surface area contributed by atoms with Crippen LogP contribution < -0.4 is 9.47 Å². The van der Waals surface area contributed by atoms with Crippen molar-refractivity contribution in [2.45, 2.75) is 33.1 Å². The average molecular weight is 472 g/mol. The molecule has 0 spiro atoms. The van der Waals surface area contributed by atoms with E-state index in [0.29, 0.717) is 34.7 Å². The van der Waals surface area contributed by atoms with Gasteiger partial charge in [0.05, 0.1) is 22.2 Å². The summed E-state index contributed by atoms with van der Waals surface area (Å²) < 4.78 is 11.4. The number of alkyl halides is 1. The van der Waals surface area contributed by atoms with Gasteiger partial charge in [0.1, 0.15) is 30.9 Å². The Balaban J connectivity index is 2.24. The van der Waals surface area contributed by atoms with E-state index in [1.54, 1.807) is 6.92 Å². The van der Waals surface area contributed by atoms with Crippen LogP contribution in [0, 0.1) is 11.3 Å². The van der Waals surface area contributed by atoms with E-state index in [0.717, 1.165) is 22.6 Å². The van der Waals surface area contributed by atoms with Gasteiger partial charge < -0.3 is 9.47 Å². The van der Waals surface area contributed by atoms with Crippen LogP contribution in [0.3, 0.4) is 0 Å². The van der Waals surface area contributed by atoms with E-state index in [1.165, 1.54) is 0 Å². The molecule has 2 aromatic rings. The van der Waals surface area contributed by atoms with Gasteiger partial charge in [-0.05, 0) is 56.0 Å². The van der Waals surface area contributed by atoms with Gasteiger partial charge in [-0.25, -0.2) is 9.98 Å². The largest absolute Gasteiger partial charge is 0.489 e. The Morgan fingerprint density at radius 3 is 2.44 bits per heavy atom. The summed E-state index contributed by atoms with van der Waals surface area (Å²) in [7, 11) is 0. The lowest BCUT2D eigenvalue weighted by Crippen LogP contribution is -2.19. The van der Waals surface area contributed by atoms with Gasteiger partial charge in [-0.15, -0.1) is 11.6 Å². The number of benzene rings is 2.